The lowest BCUT2D eigenvalue weighted by molar-refractivity contribution is -0.114. The maximum atomic E-state index is 11.3. The van der Waals surface area contributed by atoms with Crippen molar-refractivity contribution in [2.24, 2.45) is 5.10 Å². The highest BCUT2D eigenvalue weighted by atomic mass is 16.1. The number of terminal acetylenes is 1. The minimum absolute atomic E-state index is 0.207. The van der Waals surface area contributed by atoms with Crippen molar-refractivity contribution in [3.63, 3.8) is 0 Å². The second-order valence-corrected chi connectivity index (χ2v) is 2.23. The SMILES string of the molecule is C#CCNC(=O)C1=NNC=CC=C1. The van der Waals surface area contributed by atoms with Gasteiger partial charge >= 0.3 is 0 Å². The van der Waals surface area contributed by atoms with Gasteiger partial charge in [-0.15, -0.1) is 6.42 Å². The van der Waals surface area contributed by atoms with Crippen LogP contribution in [-0.4, -0.2) is 18.2 Å². The minimum Gasteiger partial charge on any atom is -0.340 e. The fourth-order valence-electron chi connectivity index (χ4n) is 0.738. The first-order valence-corrected chi connectivity index (χ1v) is 3.72. The molecule has 0 aromatic heterocycles. The molecule has 1 rings (SSSR count). The fraction of sp³-hybridized carbons (Fsp3) is 0.111. The van der Waals surface area contributed by atoms with Crippen molar-refractivity contribution in [1.29, 1.82) is 0 Å². The third kappa shape index (κ3) is 2.83. The molecule has 0 unspecified atom stereocenters. The molecule has 13 heavy (non-hydrogen) atoms. The van der Waals surface area contributed by atoms with Crippen molar-refractivity contribution in [3.05, 3.63) is 24.4 Å². The molecule has 1 aliphatic rings. The zero-order valence-electron chi connectivity index (χ0n) is 6.95. The van der Waals surface area contributed by atoms with Gasteiger partial charge in [0.25, 0.3) is 5.91 Å². The Morgan fingerprint density at radius 2 is 2.54 bits per heavy atom. The van der Waals surface area contributed by atoms with Gasteiger partial charge in [0.15, 0.2) is 0 Å². The van der Waals surface area contributed by atoms with E-state index in [2.05, 4.69) is 21.8 Å². The molecule has 0 aliphatic carbocycles. The molecule has 4 nitrogen and oxygen atoms in total. The molecule has 0 saturated heterocycles. The van der Waals surface area contributed by atoms with Crippen LogP contribution in [-0.2, 0) is 4.79 Å². The second kappa shape index (κ2) is 4.78. The van der Waals surface area contributed by atoms with E-state index < -0.39 is 0 Å². The van der Waals surface area contributed by atoms with Crippen LogP contribution in [0.3, 0.4) is 0 Å². The van der Waals surface area contributed by atoms with E-state index in [1.54, 1.807) is 24.4 Å². The number of allylic oxidation sites excluding steroid dienone is 2. The van der Waals surface area contributed by atoms with E-state index in [0.717, 1.165) is 0 Å². The molecular weight excluding hydrogens is 166 g/mol. The summed E-state index contributed by atoms with van der Waals surface area (Å²) in [7, 11) is 0. The highest BCUT2D eigenvalue weighted by molar-refractivity contribution is 6.43. The third-order valence-electron chi connectivity index (χ3n) is 1.30. The largest absolute Gasteiger partial charge is 0.340 e. The minimum atomic E-state index is -0.287. The van der Waals surface area contributed by atoms with E-state index in [4.69, 9.17) is 6.42 Å². The van der Waals surface area contributed by atoms with Gasteiger partial charge in [-0.3, -0.25) is 10.2 Å². The summed E-state index contributed by atoms with van der Waals surface area (Å²) in [6.07, 6.45) is 11.7. The van der Waals surface area contributed by atoms with E-state index in [1.165, 1.54) is 0 Å². The summed E-state index contributed by atoms with van der Waals surface area (Å²) < 4.78 is 0. The molecule has 1 heterocycles. The molecule has 0 radical (unpaired) electrons. The molecule has 4 heteroatoms. The van der Waals surface area contributed by atoms with Crippen LogP contribution in [0.4, 0.5) is 0 Å². The van der Waals surface area contributed by atoms with Gasteiger partial charge in [0.1, 0.15) is 5.71 Å². The lowest BCUT2D eigenvalue weighted by atomic mass is 10.3. The molecule has 0 saturated carbocycles. The van der Waals surface area contributed by atoms with Gasteiger partial charge in [0.05, 0.1) is 6.54 Å². The molecule has 2 N–H and O–H groups in total. The Bertz CT molecular complexity index is 320. The number of amides is 1. The van der Waals surface area contributed by atoms with Crippen molar-refractivity contribution in [2.45, 2.75) is 0 Å². The summed E-state index contributed by atoms with van der Waals surface area (Å²) in [5.41, 5.74) is 2.89. The summed E-state index contributed by atoms with van der Waals surface area (Å²) in [6, 6.07) is 0. The number of carbonyl (C=O) groups excluding carboxylic acids is 1. The first kappa shape index (κ1) is 9.07. The molecule has 1 aliphatic heterocycles. The summed E-state index contributed by atoms with van der Waals surface area (Å²) >= 11 is 0. The van der Waals surface area contributed by atoms with Crippen molar-refractivity contribution < 1.29 is 4.79 Å². The van der Waals surface area contributed by atoms with Crippen LogP contribution < -0.4 is 10.7 Å². The molecule has 0 spiro atoms. The Kier molecular flexibility index (Phi) is 3.33. The lowest BCUT2D eigenvalue weighted by Crippen LogP contribution is -2.30. The van der Waals surface area contributed by atoms with Crippen LogP contribution in [0.15, 0.2) is 29.5 Å². The first-order chi connectivity index (χ1) is 6.34. The van der Waals surface area contributed by atoms with Crippen LogP contribution in [0.5, 0.6) is 0 Å². The van der Waals surface area contributed by atoms with E-state index in [0.29, 0.717) is 5.71 Å². The number of hydrogen-bond donors (Lipinski definition) is 2. The van der Waals surface area contributed by atoms with E-state index in [1.807, 2.05) is 0 Å². The maximum Gasteiger partial charge on any atom is 0.272 e. The van der Waals surface area contributed by atoms with Crippen LogP contribution in [0, 0.1) is 12.3 Å². The molecule has 0 aromatic carbocycles. The zero-order chi connectivity index (χ0) is 9.52. The van der Waals surface area contributed by atoms with Crippen molar-refractivity contribution in [3.8, 4) is 12.3 Å². The fourth-order valence-corrected chi connectivity index (χ4v) is 0.738. The number of rotatable bonds is 2. The van der Waals surface area contributed by atoms with Crippen molar-refractivity contribution >= 4 is 11.6 Å². The molecule has 0 bridgehead atoms. The third-order valence-corrected chi connectivity index (χ3v) is 1.30. The highest BCUT2D eigenvalue weighted by Gasteiger charge is 2.06. The van der Waals surface area contributed by atoms with Crippen LogP contribution in [0.1, 0.15) is 0 Å². The van der Waals surface area contributed by atoms with Gasteiger partial charge in [-0.1, -0.05) is 12.0 Å². The number of nitrogens with zero attached hydrogens (tertiary/aromatic N) is 1. The topological polar surface area (TPSA) is 53.5 Å². The Morgan fingerprint density at radius 1 is 1.69 bits per heavy atom. The summed E-state index contributed by atoms with van der Waals surface area (Å²) in [6.45, 7) is 0.207. The Labute approximate surface area is 76.4 Å². The molecule has 0 atom stereocenters. The zero-order valence-corrected chi connectivity index (χ0v) is 6.95. The smallest absolute Gasteiger partial charge is 0.272 e. The van der Waals surface area contributed by atoms with E-state index >= 15 is 0 Å². The molecule has 0 fully saturated rings. The van der Waals surface area contributed by atoms with Gasteiger partial charge in [-0.05, 0) is 12.2 Å². The predicted molar refractivity (Wildman–Crippen MR) is 50.7 cm³/mol. The van der Waals surface area contributed by atoms with Gasteiger partial charge in [-0.2, -0.15) is 5.10 Å². The monoisotopic (exact) mass is 175 g/mol. The first-order valence-electron chi connectivity index (χ1n) is 3.72. The number of hydrazone groups is 1. The predicted octanol–water partition coefficient (Wildman–Crippen LogP) is -0.235. The van der Waals surface area contributed by atoms with Crippen molar-refractivity contribution in [1.82, 2.24) is 10.7 Å². The van der Waals surface area contributed by atoms with Crippen molar-refractivity contribution in [2.75, 3.05) is 6.54 Å². The van der Waals surface area contributed by atoms with Gasteiger partial charge in [0, 0.05) is 6.20 Å². The van der Waals surface area contributed by atoms with Crippen LogP contribution >= 0.6 is 0 Å². The van der Waals surface area contributed by atoms with Crippen LogP contribution in [0.25, 0.3) is 0 Å². The van der Waals surface area contributed by atoms with Gasteiger partial charge < -0.3 is 5.32 Å². The van der Waals surface area contributed by atoms with Gasteiger partial charge in [0.2, 0.25) is 0 Å². The lowest BCUT2D eigenvalue weighted by Gasteiger charge is -1.99. The normalized spacial score (nSPS) is 13.6. The Morgan fingerprint density at radius 3 is 3.31 bits per heavy atom. The summed E-state index contributed by atoms with van der Waals surface area (Å²) in [5, 5.41) is 6.29. The standard InChI is InChI=1S/C9H9N3O/c1-2-6-10-9(13)8-5-3-4-7-11-12-8/h1,3-5,7,11H,6H2,(H,10,13). The summed E-state index contributed by atoms with van der Waals surface area (Å²) in [5.74, 6) is 2.02. The Hall–Kier alpha value is -2.02. The quantitative estimate of drug-likeness (QED) is 0.569. The molecule has 0 aromatic rings. The second-order valence-electron chi connectivity index (χ2n) is 2.23. The van der Waals surface area contributed by atoms with E-state index in [-0.39, 0.29) is 12.5 Å². The van der Waals surface area contributed by atoms with Crippen LogP contribution in [0.2, 0.25) is 0 Å². The van der Waals surface area contributed by atoms with E-state index in [9.17, 15) is 4.79 Å². The number of carbonyl (C=O) groups is 1. The maximum absolute atomic E-state index is 11.3. The molecule has 1 amide bonds. The Balaban J connectivity index is 2.57. The molecule has 66 valence electrons. The highest BCUT2D eigenvalue weighted by Crippen LogP contribution is 1.87. The average Bonchev–Trinajstić information content (AvgIpc) is 2.42. The molecular formula is C9H9N3O. The van der Waals surface area contributed by atoms with Gasteiger partial charge in [-0.25, -0.2) is 0 Å². The summed E-state index contributed by atoms with van der Waals surface area (Å²) in [4.78, 5) is 11.3. The average molecular weight is 175 g/mol. The number of nitrogens with one attached hydrogen (secondary N) is 2. The number of hydrogen-bond acceptors (Lipinski definition) is 3.